The molecular formula is C73H75N8O10P. The number of rotatable bonds is 30. The highest BCUT2D eigenvalue weighted by Gasteiger charge is 2.40. The summed E-state index contributed by atoms with van der Waals surface area (Å²) in [4.78, 5) is 74.8. The Hall–Kier alpha value is -9.41. The van der Waals surface area contributed by atoms with E-state index in [4.69, 9.17) is 33.1 Å². The van der Waals surface area contributed by atoms with Crippen molar-refractivity contribution < 1.29 is 37.7 Å². The number of nitrogens with zero attached hydrogens (tertiary/aromatic N) is 8. The summed E-state index contributed by atoms with van der Waals surface area (Å²) in [6.45, 7) is 8.62. The number of benzene rings is 4. The van der Waals surface area contributed by atoms with E-state index in [-0.39, 0.29) is 63.4 Å². The predicted octanol–water partition coefficient (Wildman–Crippen LogP) is 12.6. The van der Waals surface area contributed by atoms with Crippen molar-refractivity contribution in [2.45, 2.75) is 116 Å². The Kier molecular flexibility index (Phi) is 24.1. The van der Waals surface area contributed by atoms with Gasteiger partial charge in [-0.3, -0.25) is 38.3 Å². The SMILES string of the molecule is COc1ccc(C(OCC(CCn2cc(C#CCCCCON3C(=O)c4ccccc4C3=O)c(=O)n(CCCCC#Cc3cc(-c4ccccn4)nc(-c4ccccn4)c3)c2=O)OP(OCCC#N)N(C(C)C)C(C)C)(c2ccccc2)c2ccc(OC)cc2)cc1. The molecule has 4 aromatic heterocycles. The summed E-state index contributed by atoms with van der Waals surface area (Å²) >= 11 is 0. The minimum Gasteiger partial charge on any atom is -0.497 e. The molecule has 1 aliphatic heterocycles. The van der Waals surface area contributed by atoms with Crippen molar-refractivity contribution in [2.24, 2.45) is 0 Å². The van der Waals surface area contributed by atoms with Gasteiger partial charge in [0.1, 0.15) is 22.7 Å². The molecule has 8 aromatic rings. The number of ether oxygens (including phenoxy) is 3. The van der Waals surface area contributed by atoms with Crippen LogP contribution < -0.4 is 20.7 Å². The largest absolute Gasteiger partial charge is 0.497 e. The van der Waals surface area contributed by atoms with E-state index in [1.54, 1.807) is 50.9 Å². The topological polar surface area (TPSA) is 202 Å². The van der Waals surface area contributed by atoms with Gasteiger partial charge in [-0.1, -0.05) is 103 Å². The van der Waals surface area contributed by atoms with Gasteiger partial charge in [0.25, 0.3) is 25.9 Å². The molecule has 0 spiro atoms. The summed E-state index contributed by atoms with van der Waals surface area (Å²) in [5.41, 5.74) is 4.35. The molecule has 0 fully saturated rings. The van der Waals surface area contributed by atoms with Gasteiger partial charge >= 0.3 is 5.69 Å². The summed E-state index contributed by atoms with van der Waals surface area (Å²) in [5.74, 6) is 13.1. The van der Waals surface area contributed by atoms with Gasteiger partial charge in [-0.2, -0.15) is 5.26 Å². The number of aromatic nitrogens is 5. The fourth-order valence-corrected chi connectivity index (χ4v) is 12.4. The molecule has 1 aliphatic rings. The van der Waals surface area contributed by atoms with E-state index in [2.05, 4.69) is 72.1 Å². The van der Waals surface area contributed by atoms with Crippen LogP contribution in [-0.4, -0.2) is 97.9 Å². The maximum absolute atomic E-state index is 14.9. The lowest BCUT2D eigenvalue weighted by atomic mass is 9.80. The van der Waals surface area contributed by atoms with Crippen LogP contribution in [0.3, 0.4) is 0 Å². The number of imide groups is 1. The average molecular weight is 1260 g/mol. The second-order valence-corrected chi connectivity index (χ2v) is 23.6. The lowest BCUT2D eigenvalue weighted by Crippen LogP contribution is -2.42. The Balaban J connectivity index is 1.02. The first-order chi connectivity index (χ1) is 44.8. The van der Waals surface area contributed by atoms with Gasteiger partial charge in [0.15, 0.2) is 0 Å². The van der Waals surface area contributed by atoms with Crippen LogP contribution in [-0.2, 0) is 37.3 Å². The molecule has 2 amide bonds. The Morgan fingerprint density at radius 1 is 0.609 bits per heavy atom. The quantitative estimate of drug-likeness (QED) is 0.0135. The molecule has 472 valence electrons. The predicted molar refractivity (Wildman–Crippen MR) is 353 cm³/mol. The number of hydrogen-bond donors (Lipinski definition) is 0. The molecule has 9 rings (SSSR count). The fourth-order valence-electron chi connectivity index (χ4n) is 10.7. The van der Waals surface area contributed by atoms with Crippen molar-refractivity contribution >= 4 is 20.3 Å². The summed E-state index contributed by atoms with van der Waals surface area (Å²) in [5, 5.41) is 10.5. The van der Waals surface area contributed by atoms with Crippen LogP contribution in [0.5, 0.6) is 11.5 Å². The number of unbranched alkanes of at least 4 members (excludes halogenated alkanes) is 4. The minimum atomic E-state index is -1.83. The van der Waals surface area contributed by atoms with Crippen molar-refractivity contribution in [2.75, 3.05) is 34.0 Å². The highest BCUT2D eigenvalue weighted by Crippen LogP contribution is 2.49. The maximum Gasteiger partial charge on any atom is 0.331 e. The van der Waals surface area contributed by atoms with Crippen LogP contribution in [0.2, 0.25) is 0 Å². The number of hydrogen-bond acceptors (Lipinski definition) is 15. The Labute approximate surface area is 538 Å². The summed E-state index contributed by atoms with van der Waals surface area (Å²) in [6, 6.07) is 49.2. The number of amides is 2. The molecule has 0 aliphatic carbocycles. The Morgan fingerprint density at radius 3 is 1.72 bits per heavy atom. The van der Waals surface area contributed by atoms with Crippen molar-refractivity contribution in [3.63, 3.8) is 0 Å². The standard InChI is InChI=1S/C73H75N8O10P/c1-53(2)81(54(3)4)92(90-48-24-42-74)91-62(52-88-73(57-27-14-11-15-28-57,58-33-37-60(86-5)38-34-58)59-35-39-61(87-6)40-36-59)41-46-78-51-56(26-13-8-10-23-47-89-80-70(83)63-29-16-17-30-64(63)71(80)84)69(82)79(72(78)85)45-22-9-7-12-25-55-49-67(65-31-18-20-43-75-65)77-68(50-55)66-32-19-21-44-76-66/h11,14-21,27-40,43-44,49-51,53-54,62H,7-10,22-24,41,45-48,52H2,1-6H3. The number of nitriles is 1. The van der Waals surface area contributed by atoms with E-state index in [0.717, 1.165) is 27.3 Å². The molecule has 92 heavy (non-hydrogen) atoms. The zero-order valence-corrected chi connectivity index (χ0v) is 53.6. The van der Waals surface area contributed by atoms with Gasteiger partial charge in [-0.25, -0.2) is 14.4 Å². The van der Waals surface area contributed by atoms with Crippen LogP contribution in [0.4, 0.5) is 0 Å². The van der Waals surface area contributed by atoms with E-state index in [1.165, 1.54) is 15.3 Å². The number of hydroxylamine groups is 2. The number of methoxy groups -OCH3 is 2. The van der Waals surface area contributed by atoms with Gasteiger partial charge in [0, 0.05) is 62.2 Å². The van der Waals surface area contributed by atoms with Gasteiger partial charge in [-0.05, 0) is 149 Å². The molecule has 19 heteroatoms. The third-order valence-corrected chi connectivity index (χ3v) is 17.4. The molecule has 5 heterocycles. The maximum atomic E-state index is 14.9. The monoisotopic (exact) mass is 1250 g/mol. The van der Waals surface area contributed by atoms with Crippen molar-refractivity contribution in [1.82, 2.24) is 33.8 Å². The van der Waals surface area contributed by atoms with Crippen LogP contribution >= 0.6 is 8.53 Å². The highest BCUT2D eigenvalue weighted by molar-refractivity contribution is 7.44. The lowest BCUT2D eigenvalue weighted by molar-refractivity contribution is -0.0921. The van der Waals surface area contributed by atoms with Crippen LogP contribution in [0, 0.1) is 35.0 Å². The van der Waals surface area contributed by atoms with Crippen LogP contribution in [0.15, 0.2) is 180 Å². The molecule has 2 unspecified atom stereocenters. The van der Waals surface area contributed by atoms with Gasteiger partial charge in [0.2, 0.25) is 0 Å². The Morgan fingerprint density at radius 2 is 1.16 bits per heavy atom. The van der Waals surface area contributed by atoms with Crippen LogP contribution in [0.1, 0.15) is 128 Å². The summed E-state index contributed by atoms with van der Waals surface area (Å²) in [7, 11) is 1.41. The van der Waals surface area contributed by atoms with E-state index in [0.29, 0.717) is 83.9 Å². The molecule has 4 aromatic carbocycles. The zero-order chi connectivity index (χ0) is 64.8. The first kappa shape index (κ1) is 67.0. The van der Waals surface area contributed by atoms with Crippen molar-refractivity contribution in [3.8, 4) is 64.0 Å². The minimum absolute atomic E-state index is 0.0232. The second kappa shape index (κ2) is 33.1. The number of fused-ring (bicyclic) bond motifs is 1. The Bertz CT molecular complexity index is 3910. The van der Waals surface area contributed by atoms with Gasteiger partial charge < -0.3 is 23.3 Å². The van der Waals surface area contributed by atoms with Gasteiger partial charge in [0.05, 0.1) is 86.5 Å². The van der Waals surface area contributed by atoms with E-state index in [1.807, 2.05) is 127 Å². The zero-order valence-electron chi connectivity index (χ0n) is 52.7. The second-order valence-electron chi connectivity index (χ2n) is 22.2. The first-order valence-electron chi connectivity index (χ1n) is 30.8. The van der Waals surface area contributed by atoms with Crippen LogP contribution in [0.25, 0.3) is 22.8 Å². The van der Waals surface area contributed by atoms with Crippen molar-refractivity contribution in [3.05, 3.63) is 230 Å². The molecule has 0 bridgehead atoms. The average Bonchev–Trinajstić information content (AvgIpc) is 0.936. The van der Waals surface area contributed by atoms with Crippen molar-refractivity contribution in [1.29, 1.82) is 5.26 Å². The molecule has 18 nitrogen and oxygen atoms in total. The van der Waals surface area contributed by atoms with E-state index in [9.17, 15) is 24.4 Å². The summed E-state index contributed by atoms with van der Waals surface area (Å²) in [6.07, 6.45) is 7.37. The fraction of sp³-hybridized carbons (Fsp3) is 0.315. The first-order valence-corrected chi connectivity index (χ1v) is 32.0. The highest BCUT2D eigenvalue weighted by atomic mass is 31.2. The molecular weight excluding hydrogens is 1180 g/mol. The van der Waals surface area contributed by atoms with E-state index < -0.39 is 43.3 Å². The molecule has 0 N–H and O–H groups in total. The third kappa shape index (κ3) is 16.7. The number of carbonyl (C=O) groups excluding carboxylic acids is 2. The normalized spacial score (nSPS) is 12.7. The number of carbonyl (C=O) groups is 2. The smallest absolute Gasteiger partial charge is 0.331 e. The molecule has 0 saturated carbocycles. The number of pyridine rings is 3. The molecule has 0 radical (unpaired) electrons. The third-order valence-electron chi connectivity index (χ3n) is 15.2. The number of aryl methyl sites for hydroxylation is 1. The summed E-state index contributed by atoms with van der Waals surface area (Å²) < 4.78 is 37.3. The lowest BCUT2D eigenvalue weighted by Gasteiger charge is -2.39. The van der Waals surface area contributed by atoms with E-state index >= 15 is 0 Å². The van der Waals surface area contributed by atoms with Gasteiger partial charge in [-0.15, -0.1) is 5.06 Å². The molecule has 0 saturated heterocycles. The molecule has 2 atom stereocenters.